The van der Waals surface area contributed by atoms with Crippen molar-refractivity contribution in [3.63, 3.8) is 0 Å². The van der Waals surface area contributed by atoms with Crippen LogP contribution in [0.5, 0.6) is 0 Å². The molecule has 1 aliphatic heterocycles. The summed E-state index contributed by atoms with van der Waals surface area (Å²) < 4.78 is 4.96. The number of methoxy groups -OCH3 is 1. The molecule has 1 fully saturated rings. The third-order valence-corrected chi connectivity index (χ3v) is 5.70. The van der Waals surface area contributed by atoms with Crippen LogP contribution in [0.3, 0.4) is 0 Å². The number of nitrogens with zero attached hydrogens (tertiary/aromatic N) is 1. The van der Waals surface area contributed by atoms with Gasteiger partial charge in [0, 0.05) is 31.1 Å². The molecule has 2 amide bonds. The van der Waals surface area contributed by atoms with E-state index in [0.717, 1.165) is 43.1 Å². The number of amides is 2. The second kappa shape index (κ2) is 11.1. The summed E-state index contributed by atoms with van der Waals surface area (Å²) in [5.41, 5.74) is 2.10. The highest BCUT2D eigenvalue weighted by molar-refractivity contribution is 6.31. The Morgan fingerprint density at radius 1 is 1.10 bits per heavy atom. The molecular formula is C23H28ClN3O3. The Labute approximate surface area is 182 Å². The number of anilines is 1. The van der Waals surface area contributed by atoms with Crippen molar-refractivity contribution in [3.05, 3.63) is 64.7 Å². The van der Waals surface area contributed by atoms with Gasteiger partial charge in [0.1, 0.15) is 0 Å². The molecule has 1 aliphatic rings. The van der Waals surface area contributed by atoms with Crippen LogP contribution in [-0.2, 0) is 16.1 Å². The molecule has 0 radical (unpaired) electrons. The van der Waals surface area contributed by atoms with E-state index in [2.05, 4.69) is 15.5 Å². The van der Waals surface area contributed by atoms with Gasteiger partial charge in [0.05, 0.1) is 17.9 Å². The minimum absolute atomic E-state index is 0.0375. The second-order valence-corrected chi connectivity index (χ2v) is 7.83. The van der Waals surface area contributed by atoms with Gasteiger partial charge >= 0.3 is 0 Å². The third-order valence-electron chi connectivity index (χ3n) is 5.33. The molecular weight excluding hydrogens is 402 g/mol. The molecule has 0 atom stereocenters. The van der Waals surface area contributed by atoms with Crippen molar-refractivity contribution < 1.29 is 14.3 Å². The van der Waals surface area contributed by atoms with Gasteiger partial charge in [-0.3, -0.25) is 14.5 Å². The Balaban J connectivity index is 1.54. The topological polar surface area (TPSA) is 70.7 Å². The molecule has 30 heavy (non-hydrogen) atoms. The molecule has 160 valence electrons. The average molecular weight is 430 g/mol. The number of hydrogen-bond acceptors (Lipinski definition) is 4. The van der Waals surface area contributed by atoms with Gasteiger partial charge in [-0.15, -0.1) is 0 Å². The smallest absolute Gasteiger partial charge is 0.253 e. The van der Waals surface area contributed by atoms with Crippen LogP contribution in [0, 0.1) is 5.92 Å². The number of carbonyl (C=O) groups excluding carboxylic acids is 2. The lowest BCUT2D eigenvalue weighted by Gasteiger charge is -2.31. The van der Waals surface area contributed by atoms with Crippen LogP contribution in [0.4, 0.5) is 5.69 Å². The zero-order valence-electron chi connectivity index (χ0n) is 17.2. The third kappa shape index (κ3) is 6.05. The number of carbonyl (C=O) groups is 2. The first-order valence-corrected chi connectivity index (χ1v) is 10.6. The van der Waals surface area contributed by atoms with Crippen LogP contribution in [0.2, 0.25) is 5.02 Å². The van der Waals surface area contributed by atoms with Gasteiger partial charge in [-0.2, -0.15) is 0 Å². The number of piperidine rings is 1. The lowest BCUT2D eigenvalue weighted by Crippen LogP contribution is -2.38. The van der Waals surface area contributed by atoms with E-state index in [1.54, 1.807) is 25.3 Å². The lowest BCUT2D eigenvalue weighted by molar-refractivity contribution is -0.121. The predicted octanol–water partition coefficient (Wildman–Crippen LogP) is 3.57. The van der Waals surface area contributed by atoms with Gasteiger partial charge in [-0.05, 0) is 49.7 Å². The molecule has 2 aromatic carbocycles. The number of para-hydroxylation sites is 1. The van der Waals surface area contributed by atoms with Gasteiger partial charge in [0.2, 0.25) is 5.91 Å². The van der Waals surface area contributed by atoms with E-state index < -0.39 is 0 Å². The quantitative estimate of drug-likeness (QED) is 0.629. The summed E-state index contributed by atoms with van der Waals surface area (Å²) in [6, 6.07) is 14.9. The fraction of sp³-hybridized carbons (Fsp3) is 0.391. The molecule has 2 aromatic rings. The lowest BCUT2D eigenvalue weighted by atomic mass is 9.95. The highest BCUT2D eigenvalue weighted by atomic mass is 35.5. The first kappa shape index (κ1) is 22.3. The number of likely N-dealkylation sites (tertiary alicyclic amines) is 1. The summed E-state index contributed by atoms with van der Waals surface area (Å²) in [7, 11) is 1.58. The van der Waals surface area contributed by atoms with Crippen LogP contribution in [0.1, 0.15) is 28.8 Å². The number of hydrogen-bond donors (Lipinski definition) is 2. The van der Waals surface area contributed by atoms with Crippen molar-refractivity contribution in [1.29, 1.82) is 0 Å². The average Bonchev–Trinajstić information content (AvgIpc) is 2.76. The van der Waals surface area contributed by atoms with E-state index in [1.807, 2.05) is 30.3 Å². The summed E-state index contributed by atoms with van der Waals surface area (Å²) in [5.74, 6) is -0.334. The maximum Gasteiger partial charge on any atom is 0.253 e. The van der Waals surface area contributed by atoms with Crippen LogP contribution >= 0.6 is 11.6 Å². The Kier molecular flexibility index (Phi) is 8.25. The number of rotatable bonds is 8. The Morgan fingerprint density at radius 3 is 2.53 bits per heavy atom. The van der Waals surface area contributed by atoms with Crippen molar-refractivity contribution in [2.24, 2.45) is 5.92 Å². The zero-order valence-corrected chi connectivity index (χ0v) is 18.0. The predicted molar refractivity (Wildman–Crippen MR) is 119 cm³/mol. The standard InChI is InChI=1S/C23H28ClN3O3/c1-30-15-12-25-23(29)19-7-3-5-9-21(19)26-22(28)17-10-13-27(14-11-17)16-18-6-2-4-8-20(18)24/h2-9,17H,10-16H2,1H3,(H,25,29)(H,26,28). The maximum atomic E-state index is 12.8. The van der Waals surface area contributed by atoms with Crippen LogP contribution < -0.4 is 10.6 Å². The Morgan fingerprint density at radius 2 is 1.80 bits per heavy atom. The summed E-state index contributed by atoms with van der Waals surface area (Å²) >= 11 is 6.26. The van der Waals surface area contributed by atoms with Gasteiger partial charge in [-0.1, -0.05) is 41.9 Å². The van der Waals surface area contributed by atoms with Crippen LogP contribution in [0.15, 0.2) is 48.5 Å². The first-order valence-electron chi connectivity index (χ1n) is 10.2. The van der Waals surface area contributed by atoms with Crippen molar-refractivity contribution in [2.75, 3.05) is 38.7 Å². The van der Waals surface area contributed by atoms with E-state index in [0.29, 0.717) is 24.4 Å². The van der Waals surface area contributed by atoms with Crippen LogP contribution in [0.25, 0.3) is 0 Å². The number of halogens is 1. The largest absolute Gasteiger partial charge is 0.383 e. The zero-order chi connectivity index (χ0) is 21.3. The minimum atomic E-state index is -0.225. The molecule has 0 aromatic heterocycles. The molecule has 3 rings (SSSR count). The fourth-order valence-corrected chi connectivity index (χ4v) is 3.80. The summed E-state index contributed by atoms with van der Waals surface area (Å²) in [6.45, 7) is 3.32. The molecule has 1 saturated heterocycles. The number of benzene rings is 2. The van der Waals surface area contributed by atoms with Crippen molar-refractivity contribution in [2.45, 2.75) is 19.4 Å². The van der Waals surface area contributed by atoms with E-state index in [4.69, 9.17) is 16.3 Å². The first-order chi connectivity index (χ1) is 14.6. The summed E-state index contributed by atoms with van der Waals surface area (Å²) in [5, 5.41) is 6.52. The van der Waals surface area contributed by atoms with E-state index in [-0.39, 0.29) is 17.7 Å². The molecule has 0 unspecified atom stereocenters. The number of ether oxygens (including phenoxy) is 1. The van der Waals surface area contributed by atoms with Gasteiger partial charge in [0.15, 0.2) is 0 Å². The normalized spacial score (nSPS) is 15.0. The van der Waals surface area contributed by atoms with Gasteiger partial charge in [-0.25, -0.2) is 0 Å². The molecule has 0 spiro atoms. The second-order valence-electron chi connectivity index (χ2n) is 7.43. The summed E-state index contributed by atoms with van der Waals surface area (Å²) in [6.07, 6.45) is 1.55. The molecule has 0 bridgehead atoms. The van der Waals surface area contributed by atoms with Crippen molar-refractivity contribution >= 4 is 29.1 Å². The van der Waals surface area contributed by atoms with E-state index >= 15 is 0 Å². The van der Waals surface area contributed by atoms with Gasteiger partial charge < -0.3 is 15.4 Å². The highest BCUT2D eigenvalue weighted by Crippen LogP contribution is 2.24. The summed E-state index contributed by atoms with van der Waals surface area (Å²) in [4.78, 5) is 27.5. The van der Waals surface area contributed by atoms with E-state index in [9.17, 15) is 9.59 Å². The maximum absolute atomic E-state index is 12.8. The van der Waals surface area contributed by atoms with Crippen LogP contribution in [-0.4, -0.2) is 50.1 Å². The van der Waals surface area contributed by atoms with E-state index in [1.165, 1.54) is 0 Å². The van der Waals surface area contributed by atoms with Crippen molar-refractivity contribution in [3.8, 4) is 0 Å². The highest BCUT2D eigenvalue weighted by Gasteiger charge is 2.26. The van der Waals surface area contributed by atoms with Gasteiger partial charge in [0.25, 0.3) is 5.91 Å². The molecule has 6 nitrogen and oxygen atoms in total. The Hall–Kier alpha value is -2.41. The molecule has 7 heteroatoms. The molecule has 2 N–H and O–H groups in total. The number of nitrogens with one attached hydrogen (secondary N) is 2. The molecule has 0 aliphatic carbocycles. The monoisotopic (exact) mass is 429 g/mol. The minimum Gasteiger partial charge on any atom is -0.383 e. The molecule has 1 heterocycles. The molecule has 0 saturated carbocycles. The Bertz CT molecular complexity index is 866. The fourth-order valence-electron chi connectivity index (χ4n) is 3.61. The SMILES string of the molecule is COCCNC(=O)c1ccccc1NC(=O)C1CCN(Cc2ccccc2Cl)CC1. The van der Waals surface area contributed by atoms with Crippen molar-refractivity contribution in [1.82, 2.24) is 10.2 Å².